The Morgan fingerprint density at radius 2 is 1.89 bits per heavy atom. The van der Waals surface area contributed by atoms with Crippen LogP contribution >= 0.6 is 0 Å². The molecule has 0 bridgehead atoms. The molecule has 19 heavy (non-hydrogen) atoms. The highest BCUT2D eigenvalue weighted by Gasteiger charge is 2.26. The summed E-state index contributed by atoms with van der Waals surface area (Å²) in [6, 6.07) is 5.03. The molecule has 2 aliphatic rings. The molecule has 0 radical (unpaired) electrons. The van der Waals surface area contributed by atoms with Crippen LogP contribution in [0.4, 0.5) is 0 Å². The minimum absolute atomic E-state index is 0.461. The first kappa shape index (κ1) is 13.1. The third-order valence-electron chi connectivity index (χ3n) is 4.44. The van der Waals surface area contributed by atoms with Crippen molar-refractivity contribution < 1.29 is 4.74 Å². The van der Waals surface area contributed by atoms with Gasteiger partial charge in [0.05, 0.1) is 6.10 Å². The zero-order valence-corrected chi connectivity index (χ0v) is 11.6. The molecule has 1 aliphatic heterocycles. The molecule has 1 atom stereocenters. The SMILES string of the molecule is c1cc(CN(C[C@H]2CCCO2)C2CCCC2)ccn1. The summed E-state index contributed by atoms with van der Waals surface area (Å²) in [5.41, 5.74) is 1.37. The summed E-state index contributed by atoms with van der Waals surface area (Å²) in [5.74, 6) is 0. The Labute approximate surface area is 116 Å². The van der Waals surface area contributed by atoms with Crippen molar-refractivity contribution in [2.75, 3.05) is 13.2 Å². The van der Waals surface area contributed by atoms with Crippen molar-refractivity contribution in [1.29, 1.82) is 0 Å². The first-order valence-corrected chi connectivity index (χ1v) is 7.66. The lowest BCUT2D eigenvalue weighted by molar-refractivity contribution is 0.0541. The lowest BCUT2D eigenvalue weighted by Crippen LogP contribution is -2.38. The molecule has 1 aliphatic carbocycles. The van der Waals surface area contributed by atoms with E-state index < -0.39 is 0 Å². The number of hydrogen-bond acceptors (Lipinski definition) is 3. The second kappa shape index (κ2) is 6.49. The molecular formula is C16H24N2O. The highest BCUT2D eigenvalue weighted by molar-refractivity contribution is 5.09. The Kier molecular flexibility index (Phi) is 4.46. The summed E-state index contributed by atoms with van der Waals surface area (Å²) in [6.45, 7) is 3.11. The zero-order chi connectivity index (χ0) is 12.9. The van der Waals surface area contributed by atoms with Gasteiger partial charge in [-0.05, 0) is 43.4 Å². The van der Waals surface area contributed by atoms with Gasteiger partial charge < -0.3 is 4.74 Å². The maximum absolute atomic E-state index is 5.83. The van der Waals surface area contributed by atoms with Crippen LogP contribution in [0.1, 0.15) is 44.1 Å². The molecule has 3 nitrogen and oxygen atoms in total. The zero-order valence-electron chi connectivity index (χ0n) is 11.6. The molecule has 0 amide bonds. The van der Waals surface area contributed by atoms with Crippen molar-refractivity contribution in [2.45, 2.75) is 57.2 Å². The summed E-state index contributed by atoms with van der Waals surface area (Å²) in [5, 5.41) is 0. The standard InChI is InChI=1S/C16H24N2O/c1-2-5-15(4-1)18(13-16-6-3-11-19-16)12-14-7-9-17-10-8-14/h7-10,15-16H,1-6,11-13H2/t16-/m1/s1. The number of ether oxygens (including phenoxy) is 1. The Morgan fingerprint density at radius 1 is 1.11 bits per heavy atom. The van der Waals surface area contributed by atoms with E-state index in [-0.39, 0.29) is 0 Å². The lowest BCUT2D eigenvalue weighted by atomic mass is 10.1. The average Bonchev–Trinajstić information content (AvgIpc) is 3.12. The van der Waals surface area contributed by atoms with Crippen LogP contribution < -0.4 is 0 Å². The molecule has 1 aromatic rings. The predicted octanol–water partition coefficient (Wildman–Crippen LogP) is 3.01. The number of hydrogen-bond donors (Lipinski definition) is 0. The third-order valence-corrected chi connectivity index (χ3v) is 4.44. The van der Waals surface area contributed by atoms with Gasteiger partial charge in [0.25, 0.3) is 0 Å². The van der Waals surface area contributed by atoms with Gasteiger partial charge in [0, 0.05) is 38.1 Å². The minimum Gasteiger partial charge on any atom is -0.377 e. The van der Waals surface area contributed by atoms with Crippen LogP contribution in [0.2, 0.25) is 0 Å². The van der Waals surface area contributed by atoms with Crippen molar-refractivity contribution in [1.82, 2.24) is 9.88 Å². The molecule has 0 unspecified atom stereocenters. The molecule has 3 heteroatoms. The van der Waals surface area contributed by atoms with Gasteiger partial charge in [0.2, 0.25) is 0 Å². The fourth-order valence-corrected chi connectivity index (χ4v) is 3.38. The van der Waals surface area contributed by atoms with Crippen molar-refractivity contribution in [2.24, 2.45) is 0 Å². The molecule has 0 aromatic carbocycles. The lowest BCUT2D eigenvalue weighted by Gasteiger charge is -2.31. The minimum atomic E-state index is 0.461. The normalized spacial score (nSPS) is 24.4. The van der Waals surface area contributed by atoms with E-state index in [9.17, 15) is 0 Å². The summed E-state index contributed by atoms with van der Waals surface area (Å²) >= 11 is 0. The average molecular weight is 260 g/mol. The summed E-state index contributed by atoms with van der Waals surface area (Å²) in [7, 11) is 0. The van der Waals surface area contributed by atoms with Crippen molar-refractivity contribution in [3.05, 3.63) is 30.1 Å². The second-order valence-electron chi connectivity index (χ2n) is 5.86. The summed E-state index contributed by atoms with van der Waals surface area (Å²) in [6.07, 6.45) is 12.2. The monoisotopic (exact) mass is 260 g/mol. The largest absolute Gasteiger partial charge is 0.377 e. The smallest absolute Gasteiger partial charge is 0.0703 e. The van der Waals surface area contributed by atoms with Crippen molar-refractivity contribution in [3.63, 3.8) is 0 Å². The number of aromatic nitrogens is 1. The molecule has 104 valence electrons. The molecule has 2 heterocycles. The van der Waals surface area contributed by atoms with Crippen LogP contribution in [-0.2, 0) is 11.3 Å². The Morgan fingerprint density at radius 3 is 2.58 bits per heavy atom. The van der Waals surface area contributed by atoms with Crippen LogP contribution in [0.3, 0.4) is 0 Å². The van der Waals surface area contributed by atoms with Crippen LogP contribution in [0.25, 0.3) is 0 Å². The topological polar surface area (TPSA) is 25.4 Å². The van der Waals surface area contributed by atoms with Crippen molar-refractivity contribution >= 4 is 0 Å². The molecule has 3 rings (SSSR count). The van der Waals surface area contributed by atoms with Crippen LogP contribution in [0.15, 0.2) is 24.5 Å². The van der Waals surface area contributed by atoms with Crippen LogP contribution in [0.5, 0.6) is 0 Å². The fourth-order valence-electron chi connectivity index (χ4n) is 3.38. The van der Waals surface area contributed by atoms with E-state index >= 15 is 0 Å². The Balaban J connectivity index is 1.64. The predicted molar refractivity (Wildman–Crippen MR) is 75.9 cm³/mol. The third kappa shape index (κ3) is 3.54. The highest BCUT2D eigenvalue weighted by Crippen LogP contribution is 2.26. The molecular weight excluding hydrogens is 236 g/mol. The molecule has 0 spiro atoms. The van der Waals surface area contributed by atoms with E-state index in [1.54, 1.807) is 0 Å². The fraction of sp³-hybridized carbons (Fsp3) is 0.688. The molecule has 1 aromatic heterocycles. The van der Waals surface area contributed by atoms with Gasteiger partial charge >= 0.3 is 0 Å². The number of rotatable bonds is 5. The van der Waals surface area contributed by atoms with E-state index in [1.165, 1.54) is 44.1 Å². The van der Waals surface area contributed by atoms with Crippen LogP contribution in [0, 0.1) is 0 Å². The number of nitrogens with zero attached hydrogens (tertiary/aromatic N) is 2. The summed E-state index contributed by atoms with van der Waals surface area (Å²) in [4.78, 5) is 6.76. The van der Waals surface area contributed by atoms with Gasteiger partial charge in [0.15, 0.2) is 0 Å². The Bertz CT molecular complexity index is 370. The highest BCUT2D eigenvalue weighted by atomic mass is 16.5. The van der Waals surface area contributed by atoms with Gasteiger partial charge in [-0.3, -0.25) is 9.88 Å². The Hall–Kier alpha value is -0.930. The van der Waals surface area contributed by atoms with E-state index in [0.29, 0.717) is 6.10 Å². The van der Waals surface area contributed by atoms with Gasteiger partial charge in [-0.25, -0.2) is 0 Å². The van der Waals surface area contributed by atoms with E-state index in [1.807, 2.05) is 12.4 Å². The van der Waals surface area contributed by atoms with Gasteiger partial charge in [0.1, 0.15) is 0 Å². The first-order chi connectivity index (χ1) is 9.42. The second-order valence-corrected chi connectivity index (χ2v) is 5.86. The molecule has 1 saturated heterocycles. The molecule has 1 saturated carbocycles. The van der Waals surface area contributed by atoms with Gasteiger partial charge in [-0.1, -0.05) is 12.8 Å². The summed E-state index contributed by atoms with van der Waals surface area (Å²) < 4.78 is 5.83. The molecule has 0 N–H and O–H groups in total. The van der Waals surface area contributed by atoms with Gasteiger partial charge in [-0.15, -0.1) is 0 Å². The van der Waals surface area contributed by atoms with Gasteiger partial charge in [-0.2, -0.15) is 0 Å². The van der Waals surface area contributed by atoms with Crippen LogP contribution in [-0.4, -0.2) is 35.2 Å². The molecule has 2 fully saturated rings. The van der Waals surface area contributed by atoms with E-state index in [0.717, 1.165) is 25.7 Å². The maximum Gasteiger partial charge on any atom is 0.0703 e. The van der Waals surface area contributed by atoms with E-state index in [4.69, 9.17) is 4.74 Å². The quantitative estimate of drug-likeness (QED) is 0.813. The van der Waals surface area contributed by atoms with E-state index in [2.05, 4.69) is 22.0 Å². The number of pyridine rings is 1. The first-order valence-electron chi connectivity index (χ1n) is 7.66. The maximum atomic E-state index is 5.83. The van der Waals surface area contributed by atoms with Crippen molar-refractivity contribution in [3.8, 4) is 0 Å².